The van der Waals surface area contributed by atoms with E-state index in [1.165, 1.54) is 0 Å². The molecule has 0 saturated heterocycles. The van der Waals surface area contributed by atoms with Crippen molar-refractivity contribution in [3.63, 3.8) is 0 Å². The van der Waals surface area contributed by atoms with E-state index in [9.17, 15) is 5.11 Å². The van der Waals surface area contributed by atoms with E-state index in [1.807, 2.05) is 6.92 Å². The normalized spacial score (nSPS) is 12.1. The summed E-state index contributed by atoms with van der Waals surface area (Å²) in [5.74, 6) is 2.66. The highest BCUT2D eigenvalue weighted by Gasteiger charge is 2.05. The molecule has 1 rings (SSSR count). The van der Waals surface area contributed by atoms with Crippen LogP contribution in [0.3, 0.4) is 0 Å². The molecule has 0 fully saturated rings. The van der Waals surface area contributed by atoms with Crippen molar-refractivity contribution in [3.8, 4) is 18.1 Å². The van der Waals surface area contributed by atoms with Crippen LogP contribution in [-0.4, -0.2) is 11.1 Å². The summed E-state index contributed by atoms with van der Waals surface area (Å²) < 4.78 is 0. The van der Waals surface area contributed by atoms with Crippen LogP contribution >= 0.6 is 11.6 Å². The quantitative estimate of drug-likeness (QED) is 0.748. The molecule has 0 radical (unpaired) electrons. The molecular weight excluding hydrogens is 198 g/mol. The summed E-state index contributed by atoms with van der Waals surface area (Å²) in [6.45, 7) is 2.39. The number of halogens is 1. The van der Waals surface area contributed by atoms with E-state index >= 15 is 0 Å². The van der Waals surface area contributed by atoms with Crippen molar-refractivity contribution in [2.75, 3.05) is 0 Å². The lowest BCUT2D eigenvalue weighted by atomic mass is 10.2. The Morgan fingerprint density at radius 2 is 2.36 bits per heavy atom. The minimum absolute atomic E-state index is 0.0200. The summed E-state index contributed by atoms with van der Waals surface area (Å²) in [7, 11) is 0. The smallest absolute Gasteiger partial charge is 0.138 e. The van der Waals surface area contributed by atoms with Crippen molar-refractivity contribution in [2.24, 2.45) is 0 Å². The van der Waals surface area contributed by atoms with Crippen LogP contribution in [-0.2, 0) is 6.54 Å². The van der Waals surface area contributed by atoms with Gasteiger partial charge in [-0.05, 0) is 13.0 Å². The number of benzene rings is 1. The fourth-order valence-electron chi connectivity index (χ4n) is 1.02. The van der Waals surface area contributed by atoms with Gasteiger partial charge < -0.3 is 5.11 Å². The van der Waals surface area contributed by atoms with Crippen LogP contribution in [0, 0.1) is 12.3 Å². The maximum absolute atomic E-state index is 9.56. The highest BCUT2D eigenvalue weighted by atomic mass is 35.5. The summed E-state index contributed by atoms with van der Waals surface area (Å²) in [4.78, 5) is 0. The summed E-state index contributed by atoms with van der Waals surface area (Å²) in [5, 5.41) is 13.0. The maximum atomic E-state index is 9.56. The van der Waals surface area contributed by atoms with Gasteiger partial charge in [-0.25, -0.2) is 0 Å². The van der Waals surface area contributed by atoms with Gasteiger partial charge >= 0.3 is 0 Å². The van der Waals surface area contributed by atoms with E-state index < -0.39 is 0 Å². The number of terminal acetylenes is 1. The third kappa shape index (κ3) is 2.66. The standard InChI is InChI=1S/C11H12ClNO/c1-3-8(2)13-7-9-5-4-6-10(12)11(9)14/h1,4-6,8,13-14H,7H2,2H3. The highest BCUT2D eigenvalue weighted by molar-refractivity contribution is 6.32. The monoisotopic (exact) mass is 209 g/mol. The van der Waals surface area contributed by atoms with Crippen LogP contribution in [0.1, 0.15) is 12.5 Å². The first-order valence-electron chi connectivity index (χ1n) is 4.31. The molecule has 0 aliphatic heterocycles. The first-order valence-corrected chi connectivity index (χ1v) is 4.69. The number of hydrogen-bond acceptors (Lipinski definition) is 2. The molecule has 0 aliphatic rings. The average Bonchev–Trinajstić information content (AvgIpc) is 2.20. The predicted molar refractivity (Wildman–Crippen MR) is 58.3 cm³/mol. The second kappa shape index (κ2) is 4.90. The SMILES string of the molecule is C#CC(C)NCc1cccc(Cl)c1O. The molecule has 1 aromatic carbocycles. The minimum atomic E-state index is -0.0200. The molecule has 0 saturated carbocycles. The lowest BCUT2D eigenvalue weighted by Gasteiger charge is -2.09. The van der Waals surface area contributed by atoms with Gasteiger partial charge in [0.05, 0.1) is 11.1 Å². The Hall–Kier alpha value is -1.17. The van der Waals surface area contributed by atoms with Crippen LogP contribution in [0.25, 0.3) is 0 Å². The molecule has 0 bridgehead atoms. The third-order valence-electron chi connectivity index (χ3n) is 1.92. The lowest BCUT2D eigenvalue weighted by molar-refractivity contribution is 0.464. The molecule has 0 spiro atoms. The Morgan fingerprint density at radius 3 is 3.00 bits per heavy atom. The topological polar surface area (TPSA) is 32.3 Å². The molecule has 1 unspecified atom stereocenters. The molecular formula is C11H12ClNO. The highest BCUT2D eigenvalue weighted by Crippen LogP contribution is 2.26. The third-order valence-corrected chi connectivity index (χ3v) is 2.22. The number of nitrogens with one attached hydrogen (secondary N) is 1. The molecule has 14 heavy (non-hydrogen) atoms. The number of phenols is 1. The molecule has 2 N–H and O–H groups in total. The second-order valence-corrected chi connectivity index (χ2v) is 3.42. The predicted octanol–water partition coefficient (Wildman–Crippen LogP) is 2.16. The number of hydrogen-bond donors (Lipinski definition) is 2. The zero-order valence-corrected chi connectivity index (χ0v) is 8.67. The van der Waals surface area contributed by atoms with Gasteiger partial charge in [-0.1, -0.05) is 29.7 Å². The van der Waals surface area contributed by atoms with Gasteiger partial charge in [0.1, 0.15) is 5.75 Å². The van der Waals surface area contributed by atoms with Gasteiger partial charge in [0.2, 0.25) is 0 Å². The first kappa shape index (κ1) is 10.9. The van der Waals surface area contributed by atoms with Gasteiger partial charge in [0.25, 0.3) is 0 Å². The van der Waals surface area contributed by atoms with E-state index in [0.29, 0.717) is 11.6 Å². The molecule has 1 aromatic rings. The second-order valence-electron chi connectivity index (χ2n) is 3.02. The van der Waals surface area contributed by atoms with Crippen LogP contribution < -0.4 is 5.32 Å². The Bertz CT molecular complexity index is 357. The van der Waals surface area contributed by atoms with E-state index in [1.54, 1.807) is 18.2 Å². The van der Waals surface area contributed by atoms with Crippen molar-refractivity contribution in [1.82, 2.24) is 5.32 Å². The Kier molecular flexibility index (Phi) is 3.82. The zero-order valence-electron chi connectivity index (χ0n) is 7.92. The molecule has 0 aliphatic carbocycles. The van der Waals surface area contributed by atoms with Crippen LogP contribution in [0.5, 0.6) is 5.75 Å². The van der Waals surface area contributed by atoms with Crippen LogP contribution in [0.2, 0.25) is 5.02 Å². The van der Waals surface area contributed by atoms with Crippen molar-refractivity contribution in [3.05, 3.63) is 28.8 Å². The van der Waals surface area contributed by atoms with Gasteiger partial charge in [0.15, 0.2) is 0 Å². The van der Waals surface area contributed by atoms with Crippen molar-refractivity contribution in [2.45, 2.75) is 19.5 Å². The molecule has 0 amide bonds. The zero-order chi connectivity index (χ0) is 10.6. The van der Waals surface area contributed by atoms with Gasteiger partial charge in [0, 0.05) is 12.1 Å². The molecule has 0 aromatic heterocycles. The number of aromatic hydroxyl groups is 1. The van der Waals surface area contributed by atoms with Crippen molar-refractivity contribution in [1.29, 1.82) is 0 Å². The summed E-state index contributed by atoms with van der Waals surface area (Å²) in [6.07, 6.45) is 5.20. The largest absolute Gasteiger partial charge is 0.506 e. The van der Waals surface area contributed by atoms with E-state index in [2.05, 4.69) is 11.2 Å². The van der Waals surface area contributed by atoms with Crippen LogP contribution in [0.4, 0.5) is 0 Å². The average molecular weight is 210 g/mol. The number of para-hydroxylation sites is 1. The van der Waals surface area contributed by atoms with Gasteiger partial charge in [-0.3, -0.25) is 5.32 Å². The molecule has 0 heterocycles. The first-order chi connectivity index (χ1) is 6.65. The van der Waals surface area contributed by atoms with E-state index in [-0.39, 0.29) is 11.8 Å². The fourth-order valence-corrected chi connectivity index (χ4v) is 1.22. The van der Waals surface area contributed by atoms with Crippen molar-refractivity contribution < 1.29 is 5.11 Å². The van der Waals surface area contributed by atoms with Crippen molar-refractivity contribution >= 4 is 11.6 Å². The summed E-state index contributed by atoms with van der Waals surface area (Å²) in [6, 6.07) is 5.22. The van der Waals surface area contributed by atoms with Gasteiger partial charge in [-0.2, -0.15) is 0 Å². The number of rotatable bonds is 3. The Balaban J connectivity index is 2.69. The maximum Gasteiger partial charge on any atom is 0.138 e. The van der Waals surface area contributed by atoms with E-state index in [4.69, 9.17) is 18.0 Å². The Morgan fingerprint density at radius 1 is 1.64 bits per heavy atom. The lowest BCUT2D eigenvalue weighted by Crippen LogP contribution is -2.23. The van der Waals surface area contributed by atoms with E-state index in [0.717, 1.165) is 5.56 Å². The molecule has 2 nitrogen and oxygen atoms in total. The molecule has 74 valence electrons. The molecule has 3 heteroatoms. The summed E-state index contributed by atoms with van der Waals surface area (Å²) >= 11 is 5.74. The minimum Gasteiger partial charge on any atom is -0.506 e. The fraction of sp³-hybridized carbons (Fsp3) is 0.273. The van der Waals surface area contributed by atoms with Gasteiger partial charge in [-0.15, -0.1) is 6.42 Å². The number of phenolic OH excluding ortho intramolecular Hbond substituents is 1. The summed E-state index contributed by atoms with van der Waals surface area (Å²) in [5.41, 5.74) is 0.750. The Labute approximate surface area is 88.9 Å². The molecule has 1 atom stereocenters. The van der Waals surface area contributed by atoms with Crippen LogP contribution in [0.15, 0.2) is 18.2 Å².